The minimum atomic E-state index is 0.0981. The monoisotopic (exact) mass is 293 g/mol. The van der Waals surface area contributed by atoms with Gasteiger partial charge in [0, 0.05) is 26.1 Å². The maximum Gasteiger partial charge on any atom is 0.262 e. The van der Waals surface area contributed by atoms with E-state index in [2.05, 4.69) is 17.1 Å². The number of piperidine rings is 1. The fourth-order valence-electron chi connectivity index (χ4n) is 2.98. The highest BCUT2D eigenvalue weighted by molar-refractivity contribution is 5.75. The number of rotatable bonds is 6. The van der Waals surface area contributed by atoms with E-state index in [1.807, 2.05) is 35.5 Å². The van der Waals surface area contributed by atoms with Gasteiger partial charge in [-0.25, -0.2) is 9.13 Å². The van der Waals surface area contributed by atoms with Crippen LogP contribution in [0.25, 0.3) is 0 Å². The summed E-state index contributed by atoms with van der Waals surface area (Å²) in [5.41, 5.74) is 0. The zero-order valence-corrected chi connectivity index (χ0v) is 13.6. The standard InChI is InChI=1S/C16H28N4O/c1-14-7-4-5-9-19(14)10-6-8-17-16(21)13-20-12-11-18(3)15(20)2/h11-12,14H,4-10,13H2,1-3H3/p+1. The zero-order chi connectivity index (χ0) is 15.2. The van der Waals surface area contributed by atoms with Crippen molar-refractivity contribution in [2.24, 2.45) is 7.05 Å². The van der Waals surface area contributed by atoms with Crippen LogP contribution in [0.15, 0.2) is 12.4 Å². The molecule has 1 saturated heterocycles. The molecule has 0 spiro atoms. The Balaban J connectivity index is 1.64. The maximum atomic E-state index is 11.9. The lowest BCUT2D eigenvalue weighted by molar-refractivity contribution is -0.677. The molecule has 1 N–H and O–H groups in total. The number of imidazole rings is 1. The van der Waals surface area contributed by atoms with Crippen LogP contribution in [0.5, 0.6) is 0 Å². The van der Waals surface area contributed by atoms with Gasteiger partial charge in [0.15, 0.2) is 6.54 Å². The third kappa shape index (κ3) is 4.56. The van der Waals surface area contributed by atoms with Crippen LogP contribution in [0.1, 0.15) is 38.4 Å². The molecule has 21 heavy (non-hydrogen) atoms. The lowest BCUT2D eigenvalue weighted by atomic mass is 10.0. The van der Waals surface area contributed by atoms with E-state index in [1.165, 1.54) is 25.8 Å². The first-order chi connectivity index (χ1) is 10.1. The van der Waals surface area contributed by atoms with E-state index in [4.69, 9.17) is 0 Å². The summed E-state index contributed by atoms with van der Waals surface area (Å²) in [6.45, 7) is 7.83. The molecule has 5 nitrogen and oxygen atoms in total. The van der Waals surface area contributed by atoms with Gasteiger partial charge in [0.05, 0.1) is 7.05 Å². The fraction of sp³-hybridized carbons (Fsp3) is 0.750. The van der Waals surface area contributed by atoms with E-state index in [-0.39, 0.29) is 5.91 Å². The molecule has 0 aromatic carbocycles. The van der Waals surface area contributed by atoms with Gasteiger partial charge in [0.2, 0.25) is 0 Å². The van der Waals surface area contributed by atoms with E-state index in [9.17, 15) is 4.79 Å². The lowest BCUT2D eigenvalue weighted by Gasteiger charge is -2.33. The van der Waals surface area contributed by atoms with Crippen LogP contribution >= 0.6 is 0 Å². The SMILES string of the molecule is Cc1n(CC(=O)NCCCN2CCCCC2C)cc[n+]1C. The second kappa shape index (κ2) is 7.59. The van der Waals surface area contributed by atoms with Crippen molar-refractivity contribution in [3.05, 3.63) is 18.2 Å². The van der Waals surface area contributed by atoms with Gasteiger partial charge >= 0.3 is 0 Å². The fourth-order valence-corrected chi connectivity index (χ4v) is 2.98. The predicted molar refractivity (Wildman–Crippen MR) is 82.9 cm³/mol. The van der Waals surface area contributed by atoms with Crippen LogP contribution in [0.4, 0.5) is 0 Å². The Morgan fingerprint density at radius 2 is 2.29 bits per heavy atom. The first-order valence-electron chi connectivity index (χ1n) is 8.10. The van der Waals surface area contributed by atoms with E-state index >= 15 is 0 Å². The van der Waals surface area contributed by atoms with Crippen LogP contribution in [0, 0.1) is 6.92 Å². The summed E-state index contributed by atoms with van der Waals surface area (Å²) in [7, 11) is 1.99. The number of hydrogen-bond acceptors (Lipinski definition) is 2. The molecule has 1 amide bonds. The van der Waals surface area contributed by atoms with Crippen molar-refractivity contribution in [3.63, 3.8) is 0 Å². The molecule has 1 unspecified atom stereocenters. The molecule has 1 aliphatic heterocycles. The molecule has 0 saturated carbocycles. The van der Waals surface area contributed by atoms with E-state index in [0.29, 0.717) is 12.6 Å². The minimum Gasteiger partial charge on any atom is -0.353 e. The summed E-state index contributed by atoms with van der Waals surface area (Å²) >= 11 is 0. The van der Waals surface area contributed by atoms with E-state index in [1.54, 1.807) is 0 Å². The molecule has 1 atom stereocenters. The number of hydrogen-bond donors (Lipinski definition) is 1. The molecule has 1 fully saturated rings. The Hall–Kier alpha value is -1.36. The van der Waals surface area contributed by atoms with E-state index in [0.717, 1.165) is 25.3 Å². The first kappa shape index (κ1) is 16.0. The van der Waals surface area contributed by atoms with Gasteiger partial charge in [-0.1, -0.05) is 6.42 Å². The van der Waals surface area contributed by atoms with Gasteiger partial charge in [-0.2, -0.15) is 0 Å². The highest BCUT2D eigenvalue weighted by Gasteiger charge is 2.17. The van der Waals surface area contributed by atoms with Gasteiger partial charge in [0.25, 0.3) is 11.7 Å². The van der Waals surface area contributed by atoms with Crippen molar-refractivity contribution in [2.45, 2.75) is 52.1 Å². The number of carbonyl (C=O) groups excluding carboxylic acids is 1. The normalized spacial score (nSPS) is 19.7. The average molecular weight is 293 g/mol. The number of nitrogens with one attached hydrogen (secondary N) is 1. The topological polar surface area (TPSA) is 41.2 Å². The van der Waals surface area contributed by atoms with Crippen molar-refractivity contribution in [3.8, 4) is 0 Å². The summed E-state index contributed by atoms with van der Waals surface area (Å²) in [4.78, 5) is 14.5. The zero-order valence-electron chi connectivity index (χ0n) is 13.6. The average Bonchev–Trinajstić information content (AvgIpc) is 2.77. The number of aryl methyl sites for hydroxylation is 1. The van der Waals surface area contributed by atoms with Crippen molar-refractivity contribution in [2.75, 3.05) is 19.6 Å². The molecule has 2 rings (SSSR count). The summed E-state index contributed by atoms with van der Waals surface area (Å²) in [6.07, 6.45) is 8.96. The van der Waals surface area contributed by atoms with E-state index < -0.39 is 0 Å². The summed E-state index contributed by atoms with van der Waals surface area (Å²) in [5, 5.41) is 3.03. The van der Waals surface area contributed by atoms with Crippen molar-refractivity contribution >= 4 is 5.91 Å². The largest absolute Gasteiger partial charge is 0.353 e. The number of amides is 1. The second-order valence-corrected chi connectivity index (χ2v) is 6.17. The van der Waals surface area contributed by atoms with Gasteiger partial charge in [-0.3, -0.25) is 4.79 Å². The highest BCUT2D eigenvalue weighted by Crippen LogP contribution is 2.15. The molecular weight excluding hydrogens is 264 g/mol. The molecule has 1 aliphatic rings. The van der Waals surface area contributed by atoms with Crippen molar-refractivity contribution < 1.29 is 9.36 Å². The molecule has 5 heteroatoms. The van der Waals surface area contributed by atoms with Gasteiger partial charge in [0.1, 0.15) is 12.4 Å². The van der Waals surface area contributed by atoms with Crippen molar-refractivity contribution in [1.29, 1.82) is 0 Å². The van der Waals surface area contributed by atoms with Crippen LogP contribution in [-0.4, -0.2) is 41.1 Å². The third-order valence-electron chi connectivity index (χ3n) is 4.60. The van der Waals surface area contributed by atoms with Gasteiger partial charge in [-0.05, 0) is 32.7 Å². The Labute approximate surface area is 127 Å². The maximum absolute atomic E-state index is 11.9. The number of nitrogens with zero attached hydrogens (tertiary/aromatic N) is 3. The van der Waals surface area contributed by atoms with Crippen LogP contribution in [0.3, 0.4) is 0 Å². The van der Waals surface area contributed by atoms with Crippen LogP contribution in [-0.2, 0) is 18.4 Å². The molecule has 0 bridgehead atoms. The molecule has 1 aromatic rings. The number of aromatic nitrogens is 2. The predicted octanol–water partition coefficient (Wildman–Crippen LogP) is 1.00. The molecule has 0 radical (unpaired) electrons. The van der Waals surface area contributed by atoms with Crippen molar-refractivity contribution in [1.82, 2.24) is 14.8 Å². The van der Waals surface area contributed by atoms with Gasteiger partial charge in [-0.15, -0.1) is 0 Å². The van der Waals surface area contributed by atoms with Crippen LogP contribution < -0.4 is 9.88 Å². The highest BCUT2D eigenvalue weighted by atomic mass is 16.1. The molecule has 2 heterocycles. The number of likely N-dealkylation sites (tertiary alicyclic amines) is 1. The molecule has 1 aromatic heterocycles. The summed E-state index contributed by atoms with van der Waals surface area (Å²) < 4.78 is 3.99. The summed E-state index contributed by atoms with van der Waals surface area (Å²) in [5.74, 6) is 1.19. The molecule has 0 aliphatic carbocycles. The van der Waals surface area contributed by atoms with Gasteiger partial charge < -0.3 is 10.2 Å². The lowest BCUT2D eigenvalue weighted by Crippen LogP contribution is -2.39. The van der Waals surface area contributed by atoms with Crippen LogP contribution in [0.2, 0.25) is 0 Å². The second-order valence-electron chi connectivity index (χ2n) is 6.17. The quantitative estimate of drug-likeness (QED) is 0.628. The molecule has 118 valence electrons. The Bertz CT molecular complexity index is 469. The Morgan fingerprint density at radius 1 is 1.48 bits per heavy atom. The first-order valence-corrected chi connectivity index (χ1v) is 8.10. The Morgan fingerprint density at radius 3 is 2.95 bits per heavy atom. The number of carbonyl (C=O) groups is 1. The summed E-state index contributed by atoms with van der Waals surface area (Å²) in [6, 6.07) is 0.706. The molecular formula is C16H29N4O+. The minimum absolute atomic E-state index is 0.0981. The Kier molecular flexibility index (Phi) is 5.79. The third-order valence-corrected chi connectivity index (χ3v) is 4.60. The smallest absolute Gasteiger partial charge is 0.262 e.